The molecule has 25 heavy (non-hydrogen) atoms. The summed E-state index contributed by atoms with van der Waals surface area (Å²) in [5.41, 5.74) is 0.970. The topological polar surface area (TPSA) is 80.7 Å². The Morgan fingerprint density at radius 3 is 2.40 bits per heavy atom. The molecule has 0 fully saturated rings. The summed E-state index contributed by atoms with van der Waals surface area (Å²) in [7, 11) is -3.39. The predicted octanol–water partition coefficient (Wildman–Crippen LogP) is 4.31. The molecule has 1 N–H and O–H groups in total. The van der Waals surface area contributed by atoms with E-state index in [2.05, 4.69) is 0 Å². The maximum Gasteiger partial charge on any atom is 0.344 e. The smallest absolute Gasteiger partial charge is 0.344 e. The third kappa shape index (κ3) is 4.45. The molecular weight excluding hydrogens is 387 g/mol. The molecule has 0 saturated heterocycles. The second kappa shape index (κ2) is 7.64. The molecule has 2 aromatic carbocycles. The summed E-state index contributed by atoms with van der Waals surface area (Å²) in [5.74, 6) is -0.867. The summed E-state index contributed by atoms with van der Waals surface area (Å²) in [4.78, 5) is 11.1. The summed E-state index contributed by atoms with van der Waals surface area (Å²) in [6.07, 6.45) is -1.07. The predicted molar refractivity (Wildman–Crippen MR) is 97.4 cm³/mol. The van der Waals surface area contributed by atoms with E-state index in [1.165, 1.54) is 19.1 Å². The summed E-state index contributed by atoms with van der Waals surface area (Å²) >= 11 is 12.3. The van der Waals surface area contributed by atoms with Gasteiger partial charge in [-0.1, -0.05) is 36.2 Å². The highest BCUT2D eigenvalue weighted by Gasteiger charge is 2.19. The highest BCUT2D eigenvalue weighted by Crippen LogP contribution is 2.38. The molecule has 0 saturated carbocycles. The molecule has 1 atom stereocenters. The van der Waals surface area contributed by atoms with Crippen molar-refractivity contribution in [1.29, 1.82) is 0 Å². The first-order valence-electron chi connectivity index (χ1n) is 7.37. The van der Waals surface area contributed by atoms with Gasteiger partial charge in [0, 0.05) is 21.2 Å². The summed E-state index contributed by atoms with van der Waals surface area (Å²) in [6.45, 7) is 2.95. The first-order chi connectivity index (χ1) is 11.7. The molecule has 0 bridgehead atoms. The van der Waals surface area contributed by atoms with Crippen molar-refractivity contribution >= 4 is 39.0 Å². The van der Waals surface area contributed by atoms with Crippen LogP contribution in [-0.4, -0.2) is 31.4 Å². The Kier molecular flexibility index (Phi) is 5.98. The molecule has 8 heteroatoms. The van der Waals surface area contributed by atoms with E-state index < -0.39 is 21.9 Å². The van der Waals surface area contributed by atoms with E-state index in [-0.39, 0.29) is 21.4 Å². The molecule has 0 radical (unpaired) electrons. The van der Waals surface area contributed by atoms with Crippen LogP contribution in [0.1, 0.15) is 13.8 Å². The van der Waals surface area contributed by atoms with Crippen molar-refractivity contribution in [2.75, 3.05) is 5.75 Å². The Morgan fingerprint density at radius 2 is 1.84 bits per heavy atom. The second-order valence-corrected chi connectivity index (χ2v) is 8.41. The zero-order chi connectivity index (χ0) is 18.8. The van der Waals surface area contributed by atoms with Crippen molar-refractivity contribution in [3.8, 4) is 16.9 Å². The van der Waals surface area contributed by atoms with E-state index in [9.17, 15) is 13.2 Å². The minimum absolute atomic E-state index is 0.0374. The maximum absolute atomic E-state index is 12.0. The minimum atomic E-state index is -3.39. The zero-order valence-electron chi connectivity index (χ0n) is 13.5. The van der Waals surface area contributed by atoms with Crippen molar-refractivity contribution < 1.29 is 23.1 Å². The molecule has 1 unspecified atom stereocenters. The van der Waals surface area contributed by atoms with Crippen LogP contribution in [0.3, 0.4) is 0 Å². The molecule has 0 spiro atoms. The Labute approximate surface area is 156 Å². The number of hydrogen-bond donors (Lipinski definition) is 1. The fraction of sp³-hybridized carbons (Fsp3) is 0.235. The summed E-state index contributed by atoms with van der Waals surface area (Å²) in [6, 6.07) is 9.06. The molecule has 2 rings (SSSR count). The number of benzene rings is 2. The number of carbonyl (C=O) groups is 1. The van der Waals surface area contributed by atoms with Crippen LogP contribution in [0.4, 0.5) is 0 Å². The van der Waals surface area contributed by atoms with Crippen LogP contribution in [0.25, 0.3) is 11.1 Å². The average molecular weight is 403 g/mol. The number of halogens is 2. The van der Waals surface area contributed by atoms with Gasteiger partial charge in [-0.25, -0.2) is 13.2 Å². The number of ether oxygens (including phenoxy) is 1. The number of aliphatic carboxylic acids is 1. The van der Waals surface area contributed by atoms with Gasteiger partial charge in [0.15, 0.2) is 15.9 Å². The minimum Gasteiger partial charge on any atom is -0.479 e. The average Bonchev–Trinajstić information content (AvgIpc) is 2.56. The van der Waals surface area contributed by atoms with Gasteiger partial charge in [0.1, 0.15) is 5.75 Å². The second-order valence-electron chi connectivity index (χ2n) is 5.28. The molecule has 2 aromatic rings. The molecule has 134 valence electrons. The zero-order valence-corrected chi connectivity index (χ0v) is 15.8. The quantitative estimate of drug-likeness (QED) is 0.778. The van der Waals surface area contributed by atoms with Crippen LogP contribution >= 0.6 is 23.2 Å². The lowest BCUT2D eigenvalue weighted by molar-refractivity contribution is -0.144. The van der Waals surface area contributed by atoms with Crippen LogP contribution in [0.2, 0.25) is 10.0 Å². The number of hydrogen-bond acceptors (Lipinski definition) is 4. The third-order valence-corrected chi connectivity index (χ3v) is 5.84. The van der Waals surface area contributed by atoms with E-state index in [0.29, 0.717) is 16.1 Å². The van der Waals surface area contributed by atoms with Gasteiger partial charge in [-0.3, -0.25) is 0 Å². The van der Waals surface area contributed by atoms with Crippen LogP contribution in [0, 0.1) is 0 Å². The number of carboxylic acids is 1. The standard InChI is InChI=1S/C17H16Cl2O5S/c1-3-25(22,23)12-5-6-13(15(19)9-12)14-8-11(18)4-7-16(14)24-10(2)17(20)21/h4-10H,3H2,1-2H3,(H,20,21). The first-order valence-corrected chi connectivity index (χ1v) is 9.78. The van der Waals surface area contributed by atoms with Gasteiger partial charge in [-0.15, -0.1) is 0 Å². The summed E-state index contributed by atoms with van der Waals surface area (Å²) < 4.78 is 29.4. The third-order valence-electron chi connectivity index (χ3n) is 3.56. The van der Waals surface area contributed by atoms with E-state index in [1.807, 2.05) is 0 Å². The number of rotatable bonds is 6. The molecular formula is C17H16Cl2O5S. The van der Waals surface area contributed by atoms with Crippen molar-refractivity contribution in [2.24, 2.45) is 0 Å². The van der Waals surface area contributed by atoms with Crippen molar-refractivity contribution in [2.45, 2.75) is 24.8 Å². The highest BCUT2D eigenvalue weighted by molar-refractivity contribution is 7.91. The van der Waals surface area contributed by atoms with Crippen molar-refractivity contribution in [3.05, 3.63) is 46.4 Å². The molecule has 0 aromatic heterocycles. The molecule has 0 heterocycles. The van der Waals surface area contributed by atoms with E-state index >= 15 is 0 Å². The molecule has 0 aliphatic carbocycles. The van der Waals surface area contributed by atoms with Crippen LogP contribution in [-0.2, 0) is 14.6 Å². The van der Waals surface area contributed by atoms with E-state index in [4.69, 9.17) is 33.0 Å². The number of carboxylic acid groups (broad SMARTS) is 1. The van der Waals surface area contributed by atoms with Gasteiger partial charge in [0.25, 0.3) is 0 Å². The largest absolute Gasteiger partial charge is 0.479 e. The number of sulfone groups is 1. The van der Waals surface area contributed by atoms with E-state index in [1.54, 1.807) is 31.2 Å². The fourth-order valence-corrected chi connectivity index (χ4v) is 3.56. The van der Waals surface area contributed by atoms with Gasteiger partial charge in [-0.05, 0) is 37.3 Å². The Balaban J connectivity index is 2.54. The fourth-order valence-electron chi connectivity index (χ4n) is 2.13. The molecule has 0 aliphatic heterocycles. The Bertz CT molecular complexity index is 909. The van der Waals surface area contributed by atoms with Gasteiger partial charge < -0.3 is 9.84 Å². The van der Waals surface area contributed by atoms with Gasteiger partial charge in [0.2, 0.25) is 0 Å². The lowest BCUT2D eigenvalue weighted by Crippen LogP contribution is -2.23. The van der Waals surface area contributed by atoms with Crippen molar-refractivity contribution in [3.63, 3.8) is 0 Å². The van der Waals surface area contributed by atoms with E-state index in [0.717, 1.165) is 0 Å². The highest BCUT2D eigenvalue weighted by atomic mass is 35.5. The lowest BCUT2D eigenvalue weighted by Gasteiger charge is -2.16. The van der Waals surface area contributed by atoms with Gasteiger partial charge >= 0.3 is 5.97 Å². The molecule has 0 amide bonds. The monoisotopic (exact) mass is 402 g/mol. The Morgan fingerprint density at radius 1 is 1.16 bits per heavy atom. The SMILES string of the molecule is CCS(=O)(=O)c1ccc(-c2cc(Cl)ccc2OC(C)C(=O)O)c(Cl)c1. The normalized spacial score (nSPS) is 12.6. The van der Waals surface area contributed by atoms with Gasteiger partial charge in [0.05, 0.1) is 10.6 Å². The summed E-state index contributed by atoms with van der Waals surface area (Å²) in [5, 5.41) is 9.63. The maximum atomic E-state index is 12.0. The van der Waals surface area contributed by atoms with Crippen LogP contribution in [0.5, 0.6) is 5.75 Å². The van der Waals surface area contributed by atoms with Crippen LogP contribution in [0.15, 0.2) is 41.3 Å². The van der Waals surface area contributed by atoms with Crippen LogP contribution < -0.4 is 4.74 Å². The molecule has 0 aliphatic rings. The molecule has 5 nitrogen and oxygen atoms in total. The first kappa shape index (κ1) is 19.6. The van der Waals surface area contributed by atoms with Crippen molar-refractivity contribution in [1.82, 2.24) is 0 Å². The van der Waals surface area contributed by atoms with Gasteiger partial charge in [-0.2, -0.15) is 0 Å². The Hall–Kier alpha value is -1.76. The lowest BCUT2D eigenvalue weighted by atomic mass is 10.0.